The van der Waals surface area contributed by atoms with E-state index in [9.17, 15) is 9.90 Å². The van der Waals surface area contributed by atoms with Gasteiger partial charge in [0.1, 0.15) is 0 Å². The summed E-state index contributed by atoms with van der Waals surface area (Å²) in [5, 5.41) is 11.4. The monoisotopic (exact) mass is 255 g/mol. The minimum atomic E-state index is -0.489. The Hall–Kier alpha value is -0.870. The van der Waals surface area contributed by atoms with E-state index >= 15 is 0 Å². The van der Waals surface area contributed by atoms with Crippen LogP contribution in [0.4, 0.5) is 0 Å². The van der Waals surface area contributed by atoms with Gasteiger partial charge in [0.25, 0.3) is 0 Å². The summed E-state index contributed by atoms with van der Waals surface area (Å²) in [6.45, 7) is 7.97. The third kappa shape index (κ3) is 3.82. The Morgan fingerprint density at radius 3 is 2.47 bits per heavy atom. The van der Waals surface area contributed by atoms with Gasteiger partial charge in [0, 0.05) is 17.5 Å². The predicted molar refractivity (Wildman–Crippen MR) is 71.3 cm³/mol. The molecule has 1 N–H and O–H groups in total. The van der Waals surface area contributed by atoms with Gasteiger partial charge >= 0.3 is 0 Å². The summed E-state index contributed by atoms with van der Waals surface area (Å²) in [6, 6.07) is 4.05. The molecule has 0 fully saturated rings. The van der Waals surface area contributed by atoms with E-state index < -0.39 is 6.10 Å². The Morgan fingerprint density at radius 1 is 1.41 bits per heavy atom. The van der Waals surface area contributed by atoms with Crippen LogP contribution in [0.3, 0.4) is 0 Å². The Morgan fingerprint density at radius 2 is 2.06 bits per heavy atom. The molecule has 0 aliphatic rings. The van der Waals surface area contributed by atoms with Gasteiger partial charge in [0.15, 0.2) is 0 Å². The number of nitrogens with zero attached hydrogens (tertiary/aromatic N) is 1. The van der Waals surface area contributed by atoms with Crippen molar-refractivity contribution in [1.29, 1.82) is 0 Å². The average molecular weight is 255 g/mol. The van der Waals surface area contributed by atoms with Crippen LogP contribution in [-0.4, -0.2) is 34.6 Å². The molecule has 0 saturated carbocycles. The topological polar surface area (TPSA) is 40.5 Å². The number of rotatable bonds is 5. The molecule has 3 nitrogen and oxygen atoms in total. The lowest BCUT2D eigenvalue weighted by Crippen LogP contribution is -2.43. The van der Waals surface area contributed by atoms with E-state index in [-0.39, 0.29) is 17.9 Å². The highest BCUT2D eigenvalue weighted by molar-refractivity contribution is 7.10. The van der Waals surface area contributed by atoms with E-state index in [4.69, 9.17) is 0 Å². The van der Waals surface area contributed by atoms with Crippen LogP contribution in [0.1, 0.15) is 38.5 Å². The zero-order valence-corrected chi connectivity index (χ0v) is 11.7. The van der Waals surface area contributed by atoms with Gasteiger partial charge < -0.3 is 10.0 Å². The maximum atomic E-state index is 12.3. The van der Waals surface area contributed by atoms with Crippen LogP contribution in [0.25, 0.3) is 0 Å². The van der Waals surface area contributed by atoms with Crippen molar-refractivity contribution in [2.24, 2.45) is 0 Å². The standard InChI is InChI=1S/C13H21NO2S/c1-9(2)14(8-10(3)15)13(16)11(4)12-6-5-7-17-12/h5-7,9-11,15H,8H2,1-4H3. The second-order valence-electron chi connectivity index (χ2n) is 4.67. The molecule has 17 heavy (non-hydrogen) atoms. The van der Waals surface area contributed by atoms with E-state index in [0.717, 1.165) is 4.88 Å². The lowest BCUT2D eigenvalue weighted by atomic mass is 10.1. The highest BCUT2D eigenvalue weighted by atomic mass is 32.1. The van der Waals surface area contributed by atoms with Gasteiger partial charge in [0.2, 0.25) is 5.91 Å². The van der Waals surface area contributed by atoms with Gasteiger partial charge in [-0.25, -0.2) is 0 Å². The Balaban J connectivity index is 2.77. The third-order valence-electron chi connectivity index (χ3n) is 2.71. The number of aliphatic hydroxyl groups is 1. The van der Waals surface area contributed by atoms with Gasteiger partial charge in [-0.3, -0.25) is 4.79 Å². The zero-order chi connectivity index (χ0) is 13.0. The second-order valence-corrected chi connectivity index (χ2v) is 5.65. The molecule has 0 aromatic carbocycles. The molecule has 0 saturated heterocycles. The smallest absolute Gasteiger partial charge is 0.230 e. The number of carbonyl (C=O) groups excluding carboxylic acids is 1. The van der Waals surface area contributed by atoms with Gasteiger partial charge in [0.05, 0.1) is 12.0 Å². The Labute approximate surface area is 107 Å². The highest BCUT2D eigenvalue weighted by Gasteiger charge is 2.25. The van der Waals surface area contributed by atoms with Gasteiger partial charge in [-0.1, -0.05) is 6.07 Å². The predicted octanol–water partition coefficient (Wildman–Crippen LogP) is 2.47. The fourth-order valence-electron chi connectivity index (χ4n) is 1.75. The summed E-state index contributed by atoms with van der Waals surface area (Å²) < 4.78 is 0. The molecule has 1 rings (SSSR count). The molecule has 1 amide bonds. The fraction of sp³-hybridized carbons (Fsp3) is 0.615. The van der Waals surface area contributed by atoms with Crippen LogP contribution in [-0.2, 0) is 4.79 Å². The molecule has 1 aromatic heterocycles. The van der Waals surface area contributed by atoms with E-state index in [2.05, 4.69) is 0 Å². The lowest BCUT2D eigenvalue weighted by molar-refractivity contribution is -0.135. The van der Waals surface area contributed by atoms with Crippen molar-refractivity contribution in [2.45, 2.75) is 45.8 Å². The van der Waals surface area contributed by atoms with Crippen LogP contribution in [0.2, 0.25) is 0 Å². The van der Waals surface area contributed by atoms with Crippen LogP contribution in [0.15, 0.2) is 17.5 Å². The second kappa shape index (κ2) is 6.17. The largest absolute Gasteiger partial charge is 0.392 e. The number of carbonyl (C=O) groups is 1. The molecule has 0 radical (unpaired) electrons. The summed E-state index contributed by atoms with van der Waals surface area (Å²) in [6.07, 6.45) is -0.489. The van der Waals surface area contributed by atoms with E-state index in [0.29, 0.717) is 6.54 Å². The number of aliphatic hydroxyl groups excluding tert-OH is 1. The molecule has 0 aliphatic heterocycles. The summed E-state index contributed by atoms with van der Waals surface area (Å²) in [5.41, 5.74) is 0. The molecule has 0 spiro atoms. The summed E-state index contributed by atoms with van der Waals surface area (Å²) in [7, 11) is 0. The van der Waals surface area contributed by atoms with E-state index in [1.165, 1.54) is 0 Å². The fourth-order valence-corrected chi connectivity index (χ4v) is 2.52. The van der Waals surface area contributed by atoms with Gasteiger partial charge in [-0.15, -0.1) is 11.3 Å². The number of hydrogen-bond donors (Lipinski definition) is 1. The molecular weight excluding hydrogens is 234 g/mol. The first-order valence-corrected chi connectivity index (χ1v) is 6.83. The summed E-state index contributed by atoms with van der Waals surface area (Å²) in [5.74, 6) is -0.0421. The molecule has 0 bridgehead atoms. The van der Waals surface area contributed by atoms with Gasteiger partial charge in [-0.05, 0) is 39.1 Å². The zero-order valence-electron chi connectivity index (χ0n) is 10.9. The maximum absolute atomic E-state index is 12.3. The molecule has 2 atom stereocenters. The highest BCUT2D eigenvalue weighted by Crippen LogP contribution is 2.23. The van der Waals surface area contributed by atoms with Crippen molar-refractivity contribution in [3.05, 3.63) is 22.4 Å². The minimum Gasteiger partial charge on any atom is -0.392 e. The first kappa shape index (κ1) is 14.2. The number of thiophene rings is 1. The van der Waals surface area contributed by atoms with Crippen LogP contribution in [0.5, 0.6) is 0 Å². The summed E-state index contributed by atoms with van der Waals surface area (Å²) >= 11 is 1.60. The molecule has 96 valence electrons. The Bertz CT molecular complexity index is 346. The molecule has 4 heteroatoms. The Kier molecular flexibility index (Phi) is 5.15. The van der Waals surface area contributed by atoms with Crippen molar-refractivity contribution in [1.82, 2.24) is 4.90 Å². The van der Waals surface area contributed by atoms with Crippen molar-refractivity contribution in [3.8, 4) is 0 Å². The lowest BCUT2D eigenvalue weighted by Gasteiger charge is -2.30. The minimum absolute atomic E-state index is 0.0864. The molecule has 0 aliphatic carbocycles. The normalized spacial score (nSPS) is 14.7. The first-order valence-electron chi connectivity index (χ1n) is 5.95. The maximum Gasteiger partial charge on any atom is 0.230 e. The van der Waals surface area contributed by atoms with Crippen LogP contribution >= 0.6 is 11.3 Å². The van der Waals surface area contributed by atoms with E-state index in [1.807, 2.05) is 38.3 Å². The van der Waals surface area contributed by atoms with E-state index in [1.54, 1.807) is 23.2 Å². The van der Waals surface area contributed by atoms with Crippen LogP contribution < -0.4 is 0 Å². The van der Waals surface area contributed by atoms with Crippen molar-refractivity contribution >= 4 is 17.2 Å². The summed E-state index contributed by atoms with van der Waals surface area (Å²) in [4.78, 5) is 15.2. The third-order valence-corrected chi connectivity index (χ3v) is 3.76. The van der Waals surface area contributed by atoms with Gasteiger partial charge in [-0.2, -0.15) is 0 Å². The molecular formula is C13H21NO2S. The first-order chi connectivity index (χ1) is 7.93. The molecule has 1 heterocycles. The van der Waals surface area contributed by atoms with Crippen LogP contribution in [0, 0.1) is 0 Å². The molecule has 2 unspecified atom stereocenters. The quantitative estimate of drug-likeness (QED) is 0.878. The van der Waals surface area contributed by atoms with Crippen molar-refractivity contribution in [3.63, 3.8) is 0 Å². The van der Waals surface area contributed by atoms with Crippen molar-refractivity contribution < 1.29 is 9.90 Å². The number of amides is 1. The SMILES string of the molecule is CC(O)CN(C(=O)C(C)c1cccs1)C(C)C. The van der Waals surface area contributed by atoms with Crippen molar-refractivity contribution in [2.75, 3.05) is 6.54 Å². The average Bonchev–Trinajstić information content (AvgIpc) is 2.76. The number of hydrogen-bond acceptors (Lipinski definition) is 3. The molecule has 1 aromatic rings.